The number of likely N-dealkylation sites (tertiary alicyclic amines) is 1. The quantitative estimate of drug-likeness (QED) is 0.468. The lowest BCUT2D eigenvalue weighted by Gasteiger charge is -2.42. The number of piperidine rings is 1. The maximum Gasteiger partial charge on any atom is 0.217 e. The van der Waals surface area contributed by atoms with Gasteiger partial charge in [-0.25, -0.2) is 4.98 Å². The minimum absolute atomic E-state index is 0.295. The van der Waals surface area contributed by atoms with Gasteiger partial charge < -0.3 is 10.1 Å². The molecule has 0 spiro atoms. The summed E-state index contributed by atoms with van der Waals surface area (Å²) in [4.78, 5) is 11.5. The lowest BCUT2D eigenvalue weighted by Crippen LogP contribution is -2.47. The number of benzene rings is 1. The number of halogens is 1. The summed E-state index contributed by atoms with van der Waals surface area (Å²) in [6.45, 7) is 2.66. The van der Waals surface area contributed by atoms with Gasteiger partial charge in [0, 0.05) is 40.7 Å². The van der Waals surface area contributed by atoms with Crippen molar-refractivity contribution in [3.63, 3.8) is 0 Å². The topological polar surface area (TPSA) is 50.3 Å². The average Bonchev–Trinajstić information content (AvgIpc) is 2.79. The zero-order valence-corrected chi connectivity index (χ0v) is 19.3. The molecule has 2 atom stereocenters. The van der Waals surface area contributed by atoms with Crippen molar-refractivity contribution in [3.8, 4) is 5.88 Å². The molecule has 3 heterocycles. The molecule has 0 bridgehead atoms. The van der Waals surface area contributed by atoms with Crippen LogP contribution in [0.4, 0.5) is 0 Å². The summed E-state index contributed by atoms with van der Waals surface area (Å²) >= 11 is 2.30. The Morgan fingerprint density at radius 3 is 2.73 bits per heavy atom. The number of methoxy groups -OCH3 is 1. The fraction of sp³-hybridized carbons (Fsp3) is 0.333. The Bertz CT molecular complexity index is 938. The zero-order chi connectivity index (χ0) is 20.8. The van der Waals surface area contributed by atoms with Crippen LogP contribution in [0.1, 0.15) is 35.7 Å². The van der Waals surface area contributed by atoms with Crippen LogP contribution >= 0.6 is 22.6 Å². The van der Waals surface area contributed by atoms with E-state index in [4.69, 9.17) is 4.74 Å². The van der Waals surface area contributed by atoms with Gasteiger partial charge in [0.05, 0.1) is 18.8 Å². The Balaban J connectivity index is 1.56. The molecule has 0 radical (unpaired) electrons. The van der Waals surface area contributed by atoms with E-state index in [0.29, 0.717) is 18.0 Å². The normalized spacial score (nSPS) is 19.5. The number of rotatable bonds is 7. The summed E-state index contributed by atoms with van der Waals surface area (Å²) in [5, 5.41) is 3.82. The molecular formula is C24H27IN4O. The van der Waals surface area contributed by atoms with Gasteiger partial charge in [0.25, 0.3) is 0 Å². The molecular weight excluding hydrogens is 487 g/mol. The van der Waals surface area contributed by atoms with Crippen LogP contribution in [0.25, 0.3) is 0 Å². The molecule has 0 aliphatic carbocycles. The molecule has 0 amide bonds. The summed E-state index contributed by atoms with van der Waals surface area (Å²) in [6, 6.07) is 19.8. The first-order valence-electron chi connectivity index (χ1n) is 10.4. The second-order valence-corrected chi connectivity index (χ2v) is 8.84. The number of nitrogens with zero attached hydrogens (tertiary/aromatic N) is 3. The third-order valence-corrected chi connectivity index (χ3v) is 6.20. The van der Waals surface area contributed by atoms with E-state index in [-0.39, 0.29) is 0 Å². The third kappa shape index (κ3) is 5.17. The minimum Gasteiger partial charge on any atom is -0.481 e. The van der Waals surface area contributed by atoms with E-state index < -0.39 is 0 Å². The molecule has 3 aromatic rings. The standard InChI is InChI=1S/C24H27IN4O/c1-30-24-19(14-20(25)16-28-24)15-27-22-11-7-13-29(17-21-10-5-6-12-26-21)23(22)18-8-3-2-4-9-18/h2-6,8-10,12,14,16,22-23,27H,7,11,13,15,17H2,1H3/t22-,23-/m0/s1. The number of ether oxygens (including phenoxy) is 1. The molecule has 1 fully saturated rings. The fourth-order valence-corrected chi connectivity index (χ4v) is 4.79. The second kappa shape index (κ2) is 10.3. The van der Waals surface area contributed by atoms with E-state index in [1.165, 1.54) is 5.56 Å². The Labute approximate surface area is 192 Å². The van der Waals surface area contributed by atoms with Crippen LogP contribution < -0.4 is 10.1 Å². The fourth-order valence-electron chi connectivity index (χ4n) is 4.27. The molecule has 0 saturated carbocycles. The minimum atomic E-state index is 0.295. The molecule has 1 saturated heterocycles. The van der Waals surface area contributed by atoms with Crippen molar-refractivity contribution in [2.24, 2.45) is 0 Å². The van der Waals surface area contributed by atoms with Crippen molar-refractivity contribution < 1.29 is 4.74 Å². The maximum atomic E-state index is 5.48. The summed E-state index contributed by atoms with van der Waals surface area (Å²) in [7, 11) is 1.68. The number of pyridine rings is 2. The van der Waals surface area contributed by atoms with Crippen molar-refractivity contribution in [1.29, 1.82) is 0 Å². The van der Waals surface area contributed by atoms with Gasteiger partial charge in [-0.1, -0.05) is 36.4 Å². The van der Waals surface area contributed by atoms with Gasteiger partial charge in [-0.2, -0.15) is 0 Å². The maximum absolute atomic E-state index is 5.48. The van der Waals surface area contributed by atoms with Crippen molar-refractivity contribution in [2.75, 3.05) is 13.7 Å². The Morgan fingerprint density at radius 2 is 1.97 bits per heavy atom. The molecule has 6 heteroatoms. The van der Waals surface area contributed by atoms with Crippen molar-refractivity contribution in [2.45, 2.75) is 38.0 Å². The van der Waals surface area contributed by atoms with E-state index in [1.807, 2.05) is 18.5 Å². The average molecular weight is 514 g/mol. The molecule has 4 rings (SSSR count). The van der Waals surface area contributed by atoms with E-state index in [0.717, 1.165) is 47.3 Å². The highest BCUT2D eigenvalue weighted by atomic mass is 127. The highest BCUT2D eigenvalue weighted by Crippen LogP contribution is 2.33. The molecule has 0 unspecified atom stereocenters. The smallest absolute Gasteiger partial charge is 0.217 e. The first-order valence-corrected chi connectivity index (χ1v) is 11.4. The van der Waals surface area contributed by atoms with Crippen LogP contribution in [0, 0.1) is 3.57 Å². The molecule has 156 valence electrons. The largest absolute Gasteiger partial charge is 0.481 e. The molecule has 1 aromatic carbocycles. The number of hydrogen-bond donors (Lipinski definition) is 1. The highest BCUT2D eigenvalue weighted by Gasteiger charge is 2.32. The second-order valence-electron chi connectivity index (χ2n) is 7.60. The van der Waals surface area contributed by atoms with Gasteiger partial charge in [-0.15, -0.1) is 0 Å². The summed E-state index contributed by atoms with van der Waals surface area (Å²) in [5.41, 5.74) is 3.55. The van der Waals surface area contributed by atoms with Crippen molar-refractivity contribution in [3.05, 3.63) is 87.4 Å². The van der Waals surface area contributed by atoms with Crippen LogP contribution in [-0.2, 0) is 13.1 Å². The Hall–Kier alpha value is -2.03. The molecule has 1 aliphatic heterocycles. The Kier molecular flexibility index (Phi) is 7.30. The predicted octanol–water partition coefficient (Wildman–Crippen LogP) is 4.59. The first kappa shape index (κ1) is 21.2. The van der Waals surface area contributed by atoms with Gasteiger partial charge in [-0.05, 0) is 65.7 Å². The number of aromatic nitrogens is 2. The Morgan fingerprint density at radius 1 is 1.13 bits per heavy atom. The zero-order valence-electron chi connectivity index (χ0n) is 17.2. The van der Waals surface area contributed by atoms with Gasteiger partial charge >= 0.3 is 0 Å². The SMILES string of the molecule is COc1ncc(I)cc1CN[C@H]1CCCN(Cc2ccccn2)[C@H]1c1ccccc1. The number of nitrogens with one attached hydrogen (secondary N) is 1. The van der Waals surface area contributed by atoms with Crippen LogP contribution in [0.15, 0.2) is 67.0 Å². The van der Waals surface area contributed by atoms with E-state index in [2.05, 4.69) is 91.3 Å². The van der Waals surface area contributed by atoms with Crippen LogP contribution in [0.3, 0.4) is 0 Å². The molecule has 1 aliphatic rings. The van der Waals surface area contributed by atoms with Crippen LogP contribution in [0.5, 0.6) is 5.88 Å². The van der Waals surface area contributed by atoms with E-state index in [9.17, 15) is 0 Å². The summed E-state index contributed by atoms with van der Waals surface area (Å²) in [5.74, 6) is 0.695. The molecule has 30 heavy (non-hydrogen) atoms. The van der Waals surface area contributed by atoms with Gasteiger partial charge in [-0.3, -0.25) is 9.88 Å². The molecule has 5 nitrogen and oxygen atoms in total. The third-order valence-electron chi connectivity index (χ3n) is 5.61. The van der Waals surface area contributed by atoms with Crippen molar-refractivity contribution >= 4 is 22.6 Å². The monoisotopic (exact) mass is 514 g/mol. The number of hydrogen-bond acceptors (Lipinski definition) is 5. The first-order chi connectivity index (χ1) is 14.7. The van der Waals surface area contributed by atoms with Gasteiger partial charge in [0.2, 0.25) is 5.88 Å². The highest BCUT2D eigenvalue weighted by molar-refractivity contribution is 14.1. The van der Waals surface area contributed by atoms with Gasteiger partial charge in [0.15, 0.2) is 0 Å². The van der Waals surface area contributed by atoms with Gasteiger partial charge in [0.1, 0.15) is 0 Å². The van der Waals surface area contributed by atoms with Crippen molar-refractivity contribution in [1.82, 2.24) is 20.2 Å². The van der Waals surface area contributed by atoms with E-state index >= 15 is 0 Å². The van der Waals surface area contributed by atoms with Crippen LogP contribution in [-0.4, -0.2) is 34.6 Å². The summed E-state index contributed by atoms with van der Waals surface area (Å²) < 4.78 is 6.59. The predicted molar refractivity (Wildman–Crippen MR) is 127 cm³/mol. The van der Waals surface area contributed by atoms with Crippen LogP contribution in [0.2, 0.25) is 0 Å². The lowest BCUT2D eigenvalue weighted by molar-refractivity contribution is 0.102. The molecule has 2 aromatic heterocycles. The summed E-state index contributed by atoms with van der Waals surface area (Å²) in [6.07, 6.45) is 6.02. The van der Waals surface area contributed by atoms with E-state index in [1.54, 1.807) is 7.11 Å². The lowest BCUT2D eigenvalue weighted by atomic mass is 9.90. The molecule has 1 N–H and O–H groups in total.